The van der Waals surface area contributed by atoms with Gasteiger partial charge in [0.15, 0.2) is 5.82 Å². The first-order chi connectivity index (χ1) is 9.74. The molecule has 0 spiro atoms. The number of hydrogen-bond donors (Lipinski definition) is 1. The average molecular weight is 337 g/mol. The van der Waals surface area contributed by atoms with Gasteiger partial charge in [0.25, 0.3) is 5.89 Å². The van der Waals surface area contributed by atoms with E-state index in [2.05, 4.69) is 26.1 Å². The molecule has 1 fully saturated rings. The lowest BCUT2D eigenvalue weighted by molar-refractivity contribution is 0.409. The molecule has 0 aliphatic heterocycles. The Morgan fingerprint density at radius 3 is 2.60 bits per heavy atom. The molecule has 106 valence electrons. The van der Waals surface area contributed by atoms with E-state index in [-0.39, 0.29) is 5.75 Å². The Kier molecular flexibility index (Phi) is 4.05. The molecule has 0 radical (unpaired) electrons. The van der Waals surface area contributed by atoms with Crippen LogP contribution >= 0.6 is 15.9 Å². The van der Waals surface area contributed by atoms with Gasteiger partial charge >= 0.3 is 0 Å². The van der Waals surface area contributed by atoms with Crippen molar-refractivity contribution < 1.29 is 9.63 Å². The number of aromatic nitrogens is 2. The summed E-state index contributed by atoms with van der Waals surface area (Å²) in [6.07, 6.45) is 7.39. The van der Waals surface area contributed by atoms with Crippen LogP contribution in [-0.2, 0) is 0 Å². The molecular formula is C15H17BrN2O2. The molecule has 0 bridgehead atoms. The van der Waals surface area contributed by atoms with Crippen molar-refractivity contribution in [2.45, 2.75) is 44.4 Å². The molecule has 1 aliphatic carbocycles. The van der Waals surface area contributed by atoms with Crippen molar-refractivity contribution in [3.05, 3.63) is 28.5 Å². The maximum absolute atomic E-state index is 9.72. The third-order valence-corrected chi connectivity index (χ3v) is 4.53. The van der Waals surface area contributed by atoms with Gasteiger partial charge in [-0.2, -0.15) is 4.98 Å². The van der Waals surface area contributed by atoms with Crippen LogP contribution in [0.1, 0.15) is 50.3 Å². The van der Waals surface area contributed by atoms with Crippen LogP contribution in [0, 0.1) is 0 Å². The lowest BCUT2D eigenvalue weighted by Crippen LogP contribution is -1.99. The zero-order chi connectivity index (χ0) is 13.9. The van der Waals surface area contributed by atoms with Crippen molar-refractivity contribution in [3.8, 4) is 17.2 Å². The molecule has 4 nitrogen and oxygen atoms in total. The van der Waals surface area contributed by atoms with E-state index in [0.29, 0.717) is 16.3 Å². The summed E-state index contributed by atoms with van der Waals surface area (Å²) in [6.45, 7) is 0. The maximum Gasteiger partial charge on any atom is 0.258 e. The topological polar surface area (TPSA) is 59.2 Å². The van der Waals surface area contributed by atoms with Crippen LogP contribution in [0.4, 0.5) is 0 Å². The summed E-state index contributed by atoms with van der Waals surface area (Å²) in [5.74, 6) is 1.88. The Hall–Kier alpha value is -1.36. The van der Waals surface area contributed by atoms with Crippen molar-refractivity contribution in [1.29, 1.82) is 0 Å². The molecule has 5 heteroatoms. The van der Waals surface area contributed by atoms with E-state index in [1.165, 1.54) is 25.7 Å². The number of phenols is 1. The fraction of sp³-hybridized carbons (Fsp3) is 0.467. The van der Waals surface area contributed by atoms with Gasteiger partial charge in [-0.1, -0.05) is 30.8 Å². The number of halogens is 1. The van der Waals surface area contributed by atoms with Crippen molar-refractivity contribution >= 4 is 15.9 Å². The summed E-state index contributed by atoms with van der Waals surface area (Å²) in [5.41, 5.74) is 0.748. The molecule has 0 amide bonds. The summed E-state index contributed by atoms with van der Waals surface area (Å²) >= 11 is 3.26. The Morgan fingerprint density at radius 1 is 1.15 bits per heavy atom. The second-order valence-corrected chi connectivity index (χ2v) is 6.17. The van der Waals surface area contributed by atoms with E-state index >= 15 is 0 Å². The minimum Gasteiger partial charge on any atom is -0.507 e. The third-order valence-electron chi connectivity index (χ3n) is 3.86. The minimum atomic E-state index is 0.178. The molecule has 1 aromatic heterocycles. The Labute approximate surface area is 126 Å². The highest BCUT2D eigenvalue weighted by Gasteiger charge is 2.20. The second kappa shape index (κ2) is 5.95. The lowest BCUT2D eigenvalue weighted by atomic mass is 10.00. The van der Waals surface area contributed by atoms with Gasteiger partial charge in [0.1, 0.15) is 5.75 Å². The van der Waals surface area contributed by atoms with E-state index in [0.717, 1.165) is 24.2 Å². The molecule has 20 heavy (non-hydrogen) atoms. The first-order valence-corrected chi connectivity index (χ1v) is 7.86. The minimum absolute atomic E-state index is 0.178. The van der Waals surface area contributed by atoms with Gasteiger partial charge in [-0.15, -0.1) is 0 Å². The summed E-state index contributed by atoms with van der Waals surface area (Å²) < 4.78 is 6.01. The number of nitrogens with zero attached hydrogens (tertiary/aromatic N) is 2. The van der Waals surface area contributed by atoms with Crippen LogP contribution in [-0.4, -0.2) is 15.2 Å². The number of phenolic OH excluding ortho intramolecular Hbond substituents is 1. The van der Waals surface area contributed by atoms with Gasteiger partial charge in [-0.3, -0.25) is 0 Å². The highest BCUT2D eigenvalue weighted by molar-refractivity contribution is 9.10. The van der Waals surface area contributed by atoms with Crippen molar-refractivity contribution in [2.24, 2.45) is 0 Å². The van der Waals surface area contributed by atoms with Gasteiger partial charge < -0.3 is 9.63 Å². The number of benzene rings is 1. The van der Waals surface area contributed by atoms with E-state index in [9.17, 15) is 5.11 Å². The Morgan fingerprint density at radius 2 is 1.90 bits per heavy atom. The Bertz CT molecular complexity index is 589. The monoisotopic (exact) mass is 336 g/mol. The zero-order valence-electron chi connectivity index (χ0n) is 11.2. The quantitative estimate of drug-likeness (QED) is 0.811. The zero-order valence-corrected chi connectivity index (χ0v) is 12.8. The summed E-state index contributed by atoms with van der Waals surface area (Å²) in [4.78, 5) is 4.51. The predicted octanol–water partition coefficient (Wildman–Crippen LogP) is 4.64. The smallest absolute Gasteiger partial charge is 0.258 e. The molecule has 1 heterocycles. The summed E-state index contributed by atoms with van der Waals surface area (Å²) in [6, 6.07) is 5.27. The number of rotatable bonds is 2. The molecule has 1 saturated carbocycles. The van der Waals surface area contributed by atoms with E-state index in [1.807, 2.05) is 6.07 Å². The largest absolute Gasteiger partial charge is 0.507 e. The predicted molar refractivity (Wildman–Crippen MR) is 79.5 cm³/mol. The maximum atomic E-state index is 9.72. The molecular weight excluding hydrogens is 320 g/mol. The van der Waals surface area contributed by atoms with E-state index < -0.39 is 0 Å². The molecule has 1 aliphatic rings. The van der Waals surface area contributed by atoms with Crippen molar-refractivity contribution in [3.63, 3.8) is 0 Å². The Balaban J connectivity index is 1.83. The lowest BCUT2D eigenvalue weighted by Gasteiger charge is -2.07. The SMILES string of the molecule is Oc1cc(-c2nc(C3CCCCCC3)no2)ccc1Br. The van der Waals surface area contributed by atoms with Crippen LogP contribution < -0.4 is 0 Å². The second-order valence-electron chi connectivity index (χ2n) is 5.31. The number of hydrogen-bond acceptors (Lipinski definition) is 4. The first-order valence-electron chi connectivity index (χ1n) is 7.06. The highest BCUT2D eigenvalue weighted by atomic mass is 79.9. The number of aromatic hydroxyl groups is 1. The van der Waals surface area contributed by atoms with E-state index in [4.69, 9.17) is 4.52 Å². The van der Waals surface area contributed by atoms with Crippen LogP contribution in [0.5, 0.6) is 5.75 Å². The molecule has 2 aromatic rings. The highest BCUT2D eigenvalue weighted by Crippen LogP contribution is 2.33. The molecule has 3 rings (SSSR count). The van der Waals surface area contributed by atoms with Gasteiger partial charge in [0.2, 0.25) is 0 Å². The molecule has 0 atom stereocenters. The standard InChI is InChI=1S/C15H17BrN2O2/c16-12-8-7-11(9-13(12)19)15-17-14(18-20-15)10-5-3-1-2-4-6-10/h7-10,19H,1-6H2. The van der Waals surface area contributed by atoms with Crippen LogP contribution in [0.25, 0.3) is 11.5 Å². The average Bonchev–Trinajstić information content (AvgIpc) is 2.78. The molecule has 0 saturated heterocycles. The van der Waals surface area contributed by atoms with Crippen LogP contribution in [0.2, 0.25) is 0 Å². The van der Waals surface area contributed by atoms with Gasteiger partial charge in [-0.05, 0) is 47.0 Å². The van der Waals surface area contributed by atoms with Gasteiger partial charge in [-0.25, -0.2) is 0 Å². The van der Waals surface area contributed by atoms with Gasteiger partial charge in [0, 0.05) is 11.5 Å². The van der Waals surface area contributed by atoms with E-state index in [1.54, 1.807) is 12.1 Å². The third kappa shape index (κ3) is 2.87. The molecule has 0 unspecified atom stereocenters. The fourth-order valence-corrected chi connectivity index (χ4v) is 2.95. The van der Waals surface area contributed by atoms with Crippen molar-refractivity contribution in [2.75, 3.05) is 0 Å². The van der Waals surface area contributed by atoms with Crippen molar-refractivity contribution in [1.82, 2.24) is 10.1 Å². The summed E-state index contributed by atoms with van der Waals surface area (Å²) in [7, 11) is 0. The molecule has 1 N–H and O–H groups in total. The molecule has 1 aromatic carbocycles. The fourth-order valence-electron chi connectivity index (χ4n) is 2.70. The first kappa shape index (κ1) is 13.6. The van der Waals surface area contributed by atoms with Crippen LogP contribution in [0.15, 0.2) is 27.2 Å². The normalized spacial score (nSPS) is 17.1. The van der Waals surface area contributed by atoms with Gasteiger partial charge in [0.05, 0.1) is 4.47 Å². The summed E-state index contributed by atoms with van der Waals surface area (Å²) in [5, 5.41) is 13.8. The van der Waals surface area contributed by atoms with Crippen LogP contribution in [0.3, 0.4) is 0 Å².